The Morgan fingerprint density at radius 1 is 1.58 bits per heavy atom. The Morgan fingerprint density at radius 2 is 2.25 bits per heavy atom. The number of hydrogen-bond donors (Lipinski definition) is 0. The van der Waals surface area contributed by atoms with Crippen molar-refractivity contribution in [3.63, 3.8) is 0 Å². The number of fused-ring (bicyclic) bond motifs is 1. The molecule has 0 saturated carbocycles. The molecule has 6 heteroatoms. The summed E-state index contributed by atoms with van der Waals surface area (Å²) in [6.45, 7) is 2.53. The predicted octanol–water partition coefficient (Wildman–Crippen LogP) is -0.302. The van der Waals surface area contributed by atoms with E-state index in [4.69, 9.17) is 8.37 Å². The summed E-state index contributed by atoms with van der Waals surface area (Å²) in [6.07, 6.45) is 0.360. The summed E-state index contributed by atoms with van der Waals surface area (Å²) in [4.78, 5) is 1.85. The zero-order valence-electron chi connectivity index (χ0n) is 6.98. The van der Waals surface area contributed by atoms with Crippen LogP contribution in [0.5, 0.6) is 0 Å². The second-order valence-electron chi connectivity index (χ2n) is 3.34. The van der Waals surface area contributed by atoms with E-state index in [9.17, 15) is 8.42 Å². The summed E-state index contributed by atoms with van der Waals surface area (Å²) in [7, 11) is -1.91. The van der Waals surface area contributed by atoms with Crippen molar-refractivity contribution in [1.29, 1.82) is 0 Å². The molecule has 0 spiro atoms. The zero-order chi connectivity index (χ0) is 8.98. The molecule has 5 nitrogen and oxygen atoms in total. The average molecular weight is 193 g/mol. The van der Waals surface area contributed by atoms with Crippen LogP contribution in [0, 0.1) is 0 Å². The van der Waals surface area contributed by atoms with Gasteiger partial charge in [-0.1, -0.05) is 0 Å². The molecule has 2 rings (SSSR count). The Hall–Kier alpha value is -0.170. The minimum absolute atomic E-state index is 0.340. The van der Waals surface area contributed by atoms with Crippen LogP contribution in [0.3, 0.4) is 0 Å². The highest BCUT2D eigenvalue weighted by molar-refractivity contribution is 7.82. The van der Waals surface area contributed by atoms with Gasteiger partial charge in [-0.05, 0) is 20.4 Å². The Labute approximate surface area is 71.6 Å². The highest BCUT2D eigenvalue weighted by atomic mass is 32.3. The van der Waals surface area contributed by atoms with Gasteiger partial charge in [0, 0.05) is 6.54 Å². The second-order valence-corrected chi connectivity index (χ2v) is 4.52. The molecule has 2 fully saturated rings. The van der Waals surface area contributed by atoms with Crippen LogP contribution in [0.2, 0.25) is 0 Å². The summed E-state index contributed by atoms with van der Waals surface area (Å²) in [6, 6.07) is 0. The standard InChI is InChI=1S/C6H11NO4S/c1-6-5(3-4-7(6)2)10-12(8,9)11-6/h5H,3-4H2,1-2H3. The average Bonchev–Trinajstić information content (AvgIpc) is 2.27. The maximum Gasteiger partial charge on any atom is 0.402 e. The molecule has 2 saturated heterocycles. The molecule has 0 bridgehead atoms. The quantitative estimate of drug-likeness (QED) is 0.528. The van der Waals surface area contributed by atoms with Gasteiger partial charge in [0.05, 0.1) is 0 Å². The lowest BCUT2D eigenvalue weighted by Gasteiger charge is -2.26. The van der Waals surface area contributed by atoms with Crippen molar-refractivity contribution in [2.75, 3.05) is 13.6 Å². The van der Waals surface area contributed by atoms with Gasteiger partial charge in [-0.15, -0.1) is 0 Å². The normalized spacial score (nSPS) is 46.3. The topological polar surface area (TPSA) is 55.8 Å². The Bertz CT molecular complexity index is 301. The van der Waals surface area contributed by atoms with Gasteiger partial charge in [-0.25, -0.2) is 8.37 Å². The van der Waals surface area contributed by atoms with E-state index in [1.807, 2.05) is 11.9 Å². The maximum atomic E-state index is 10.9. The van der Waals surface area contributed by atoms with Crippen LogP contribution in [0.4, 0.5) is 0 Å². The Balaban J connectivity index is 2.35. The van der Waals surface area contributed by atoms with Crippen LogP contribution in [0.1, 0.15) is 13.3 Å². The molecule has 0 aliphatic carbocycles. The highest BCUT2D eigenvalue weighted by Gasteiger charge is 2.56. The minimum Gasteiger partial charge on any atom is -0.276 e. The smallest absolute Gasteiger partial charge is 0.276 e. The molecule has 70 valence electrons. The molecule has 0 aromatic rings. The molecule has 2 aliphatic heterocycles. The minimum atomic E-state index is -3.74. The van der Waals surface area contributed by atoms with Crippen LogP contribution >= 0.6 is 0 Å². The lowest BCUT2D eigenvalue weighted by molar-refractivity contribution is -0.0290. The third kappa shape index (κ3) is 0.990. The van der Waals surface area contributed by atoms with Crippen LogP contribution in [0.15, 0.2) is 0 Å². The monoisotopic (exact) mass is 193 g/mol. The molecule has 0 aromatic carbocycles. The molecule has 12 heavy (non-hydrogen) atoms. The second kappa shape index (κ2) is 2.20. The number of nitrogens with zero attached hydrogens (tertiary/aromatic N) is 1. The fraction of sp³-hybridized carbons (Fsp3) is 1.00. The molecule has 0 aromatic heterocycles. The van der Waals surface area contributed by atoms with Crippen LogP contribution in [-0.4, -0.2) is 38.7 Å². The fourth-order valence-electron chi connectivity index (χ4n) is 1.67. The van der Waals surface area contributed by atoms with E-state index in [0.717, 1.165) is 6.54 Å². The van der Waals surface area contributed by atoms with E-state index in [-0.39, 0.29) is 6.10 Å². The van der Waals surface area contributed by atoms with Crippen LogP contribution < -0.4 is 0 Å². The SMILES string of the molecule is CN1CCC2OS(=O)(=O)OC21C. The molecule has 2 heterocycles. The lowest BCUT2D eigenvalue weighted by atomic mass is 10.1. The summed E-state index contributed by atoms with van der Waals surface area (Å²) in [5, 5.41) is 0. The first-order chi connectivity index (χ1) is 5.44. The zero-order valence-corrected chi connectivity index (χ0v) is 7.80. The van der Waals surface area contributed by atoms with Crippen molar-refractivity contribution >= 4 is 10.4 Å². The van der Waals surface area contributed by atoms with Gasteiger partial charge >= 0.3 is 10.4 Å². The first kappa shape index (κ1) is 8.43. The van der Waals surface area contributed by atoms with Crippen molar-refractivity contribution in [2.24, 2.45) is 0 Å². The highest BCUT2D eigenvalue weighted by Crippen LogP contribution is 2.39. The van der Waals surface area contributed by atoms with Crippen molar-refractivity contribution < 1.29 is 16.8 Å². The first-order valence-electron chi connectivity index (χ1n) is 3.79. The van der Waals surface area contributed by atoms with E-state index in [1.165, 1.54) is 0 Å². The fourth-order valence-corrected chi connectivity index (χ4v) is 2.92. The van der Waals surface area contributed by atoms with Gasteiger partial charge in [0.1, 0.15) is 6.10 Å². The predicted molar refractivity (Wildman–Crippen MR) is 40.5 cm³/mol. The van der Waals surface area contributed by atoms with Gasteiger partial charge in [-0.3, -0.25) is 4.90 Å². The number of rotatable bonds is 0. The first-order valence-corrected chi connectivity index (χ1v) is 5.12. The van der Waals surface area contributed by atoms with E-state index in [1.54, 1.807) is 6.92 Å². The number of likely N-dealkylation sites (N-methyl/N-ethyl adjacent to an activating group) is 1. The summed E-state index contributed by atoms with van der Waals surface area (Å²) in [5.41, 5.74) is -0.779. The molecular weight excluding hydrogens is 182 g/mol. The molecular formula is C6H11NO4S. The van der Waals surface area contributed by atoms with E-state index >= 15 is 0 Å². The van der Waals surface area contributed by atoms with Crippen molar-refractivity contribution in [3.05, 3.63) is 0 Å². The molecule has 2 aliphatic rings. The van der Waals surface area contributed by atoms with Gasteiger partial charge in [0.15, 0.2) is 5.72 Å². The van der Waals surface area contributed by atoms with Gasteiger partial charge < -0.3 is 0 Å². The van der Waals surface area contributed by atoms with Gasteiger partial charge in [0.2, 0.25) is 0 Å². The van der Waals surface area contributed by atoms with Crippen molar-refractivity contribution in [2.45, 2.75) is 25.2 Å². The Kier molecular flexibility index (Phi) is 1.54. The summed E-state index contributed by atoms with van der Waals surface area (Å²) >= 11 is 0. The summed E-state index contributed by atoms with van der Waals surface area (Å²) < 4.78 is 31.5. The third-order valence-corrected chi connectivity index (χ3v) is 3.60. The largest absolute Gasteiger partial charge is 0.402 e. The molecule has 2 unspecified atom stereocenters. The van der Waals surface area contributed by atoms with Gasteiger partial charge in [0.25, 0.3) is 0 Å². The lowest BCUT2D eigenvalue weighted by Crippen LogP contribution is -2.44. The van der Waals surface area contributed by atoms with Crippen molar-refractivity contribution in [3.8, 4) is 0 Å². The molecule has 2 atom stereocenters. The van der Waals surface area contributed by atoms with Crippen LogP contribution in [-0.2, 0) is 18.8 Å². The molecule has 0 amide bonds. The molecule has 0 radical (unpaired) electrons. The Morgan fingerprint density at radius 3 is 2.83 bits per heavy atom. The maximum absolute atomic E-state index is 10.9. The number of likely N-dealkylation sites (tertiary alicyclic amines) is 1. The third-order valence-electron chi connectivity index (χ3n) is 2.59. The number of hydrogen-bond acceptors (Lipinski definition) is 5. The van der Waals surface area contributed by atoms with Crippen LogP contribution in [0.25, 0.3) is 0 Å². The molecule has 0 N–H and O–H groups in total. The van der Waals surface area contributed by atoms with Crippen molar-refractivity contribution in [1.82, 2.24) is 4.90 Å². The summed E-state index contributed by atoms with van der Waals surface area (Å²) in [5.74, 6) is 0. The van der Waals surface area contributed by atoms with E-state index < -0.39 is 16.1 Å². The van der Waals surface area contributed by atoms with E-state index in [0.29, 0.717) is 6.42 Å². The van der Waals surface area contributed by atoms with E-state index in [2.05, 4.69) is 0 Å². The van der Waals surface area contributed by atoms with Gasteiger partial charge in [-0.2, -0.15) is 8.42 Å².